The van der Waals surface area contributed by atoms with Crippen LogP contribution in [0.15, 0.2) is 0 Å². The molecule has 1 amide bonds. The maximum absolute atomic E-state index is 12.3. The van der Waals surface area contributed by atoms with Gasteiger partial charge in [-0.3, -0.25) is 14.6 Å². The van der Waals surface area contributed by atoms with Gasteiger partial charge in [0.05, 0.1) is 6.54 Å². The number of likely N-dealkylation sites (N-methyl/N-ethyl adjacent to an activating group) is 1. The molecule has 0 spiro atoms. The van der Waals surface area contributed by atoms with Crippen molar-refractivity contribution in [2.24, 2.45) is 5.73 Å². The van der Waals surface area contributed by atoms with Crippen LogP contribution in [0.2, 0.25) is 0 Å². The Morgan fingerprint density at radius 1 is 1.25 bits per heavy atom. The van der Waals surface area contributed by atoms with Crippen molar-refractivity contribution in [1.82, 2.24) is 14.7 Å². The first-order valence-corrected chi connectivity index (χ1v) is 8.15. The second-order valence-electron chi connectivity index (χ2n) is 6.02. The molecule has 20 heavy (non-hydrogen) atoms. The summed E-state index contributed by atoms with van der Waals surface area (Å²) in [6.45, 7) is 10.5. The number of amides is 1. The molecule has 0 bridgehead atoms. The third-order valence-electron chi connectivity index (χ3n) is 4.67. The smallest absolute Gasteiger partial charge is 0.236 e. The second kappa shape index (κ2) is 7.38. The molecule has 1 aliphatic heterocycles. The molecule has 0 radical (unpaired) electrons. The predicted octanol–water partition coefficient (Wildman–Crippen LogP) is 0.352. The van der Waals surface area contributed by atoms with Crippen LogP contribution in [0.3, 0.4) is 0 Å². The van der Waals surface area contributed by atoms with Crippen LogP contribution in [0.1, 0.15) is 33.1 Å². The second-order valence-corrected chi connectivity index (χ2v) is 6.02. The Labute approximate surface area is 123 Å². The van der Waals surface area contributed by atoms with Gasteiger partial charge >= 0.3 is 0 Å². The van der Waals surface area contributed by atoms with Crippen LogP contribution in [0.25, 0.3) is 0 Å². The molecule has 5 heteroatoms. The minimum atomic E-state index is 0.314. The van der Waals surface area contributed by atoms with Crippen molar-refractivity contribution >= 4 is 5.91 Å². The van der Waals surface area contributed by atoms with Crippen LogP contribution in [-0.4, -0.2) is 78.5 Å². The Bertz CT molecular complexity index is 307. The number of carbonyl (C=O) groups excluding carboxylic acids is 1. The Balaban J connectivity index is 1.75. The minimum absolute atomic E-state index is 0.314. The molecule has 0 aromatic heterocycles. The fraction of sp³-hybridized carbons (Fsp3) is 0.933. The largest absolute Gasteiger partial charge is 0.339 e. The monoisotopic (exact) mass is 282 g/mol. The zero-order valence-electron chi connectivity index (χ0n) is 13.1. The summed E-state index contributed by atoms with van der Waals surface area (Å²) < 4.78 is 0. The van der Waals surface area contributed by atoms with Gasteiger partial charge in [-0.05, 0) is 26.2 Å². The molecule has 1 atom stereocenters. The summed E-state index contributed by atoms with van der Waals surface area (Å²) in [4.78, 5) is 19.1. The molecule has 1 saturated heterocycles. The number of rotatable bonds is 7. The first kappa shape index (κ1) is 15.7. The van der Waals surface area contributed by atoms with Gasteiger partial charge in [0.15, 0.2) is 0 Å². The molecule has 2 N–H and O–H groups in total. The summed E-state index contributed by atoms with van der Waals surface area (Å²) in [7, 11) is 0. The van der Waals surface area contributed by atoms with E-state index in [1.807, 2.05) is 0 Å². The quantitative estimate of drug-likeness (QED) is 0.732. The van der Waals surface area contributed by atoms with Crippen LogP contribution in [0, 0.1) is 0 Å². The Morgan fingerprint density at radius 2 is 1.90 bits per heavy atom. The Hall–Kier alpha value is -0.650. The van der Waals surface area contributed by atoms with E-state index in [-0.39, 0.29) is 0 Å². The molecule has 1 heterocycles. The molecule has 2 aliphatic rings. The SMILES string of the molecule is CCC(CN)N1CCN(CC(=O)N(CC)C2CC2)CC1. The molecule has 0 aromatic rings. The first-order valence-electron chi connectivity index (χ1n) is 8.15. The van der Waals surface area contributed by atoms with E-state index >= 15 is 0 Å². The number of nitrogens with two attached hydrogens (primary N) is 1. The fourth-order valence-corrected chi connectivity index (χ4v) is 3.17. The van der Waals surface area contributed by atoms with Gasteiger partial charge in [0.2, 0.25) is 5.91 Å². The van der Waals surface area contributed by atoms with E-state index in [2.05, 4.69) is 28.5 Å². The van der Waals surface area contributed by atoms with Gasteiger partial charge in [-0.15, -0.1) is 0 Å². The normalized spacial score (nSPS) is 22.8. The third-order valence-corrected chi connectivity index (χ3v) is 4.67. The van der Waals surface area contributed by atoms with E-state index < -0.39 is 0 Å². The molecular weight excluding hydrogens is 252 g/mol. The average molecular weight is 282 g/mol. The van der Waals surface area contributed by atoms with Crippen molar-refractivity contribution in [1.29, 1.82) is 0 Å². The molecule has 2 rings (SSSR count). The summed E-state index contributed by atoms with van der Waals surface area (Å²) in [5, 5.41) is 0. The molecule has 116 valence electrons. The van der Waals surface area contributed by atoms with E-state index in [1.54, 1.807) is 0 Å². The van der Waals surface area contributed by atoms with E-state index in [0.29, 0.717) is 24.5 Å². The van der Waals surface area contributed by atoms with Crippen molar-refractivity contribution < 1.29 is 4.79 Å². The highest BCUT2D eigenvalue weighted by atomic mass is 16.2. The topological polar surface area (TPSA) is 52.8 Å². The van der Waals surface area contributed by atoms with Crippen LogP contribution in [-0.2, 0) is 4.79 Å². The number of nitrogens with zero attached hydrogens (tertiary/aromatic N) is 3. The highest BCUT2D eigenvalue weighted by Crippen LogP contribution is 2.26. The summed E-state index contributed by atoms with van der Waals surface area (Å²) in [5.41, 5.74) is 5.81. The molecule has 1 saturated carbocycles. The predicted molar refractivity (Wildman–Crippen MR) is 81.6 cm³/mol. The van der Waals surface area contributed by atoms with Gasteiger partial charge in [0.25, 0.3) is 0 Å². The maximum atomic E-state index is 12.3. The van der Waals surface area contributed by atoms with Gasteiger partial charge in [-0.2, -0.15) is 0 Å². The van der Waals surface area contributed by atoms with E-state index in [4.69, 9.17) is 5.73 Å². The molecule has 1 unspecified atom stereocenters. The van der Waals surface area contributed by atoms with Gasteiger partial charge in [-0.1, -0.05) is 6.92 Å². The molecule has 1 aliphatic carbocycles. The lowest BCUT2D eigenvalue weighted by Crippen LogP contribution is -2.54. The standard InChI is InChI=1S/C15H30N4O/c1-3-13(11-16)18-9-7-17(8-10-18)12-15(20)19(4-2)14-5-6-14/h13-14H,3-12,16H2,1-2H3. The van der Waals surface area contributed by atoms with Gasteiger partial charge in [0, 0.05) is 51.4 Å². The highest BCUT2D eigenvalue weighted by Gasteiger charge is 2.32. The van der Waals surface area contributed by atoms with E-state index in [1.165, 1.54) is 12.8 Å². The number of hydrogen-bond donors (Lipinski definition) is 1. The van der Waals surface area contributed by atoms with Crippen LogP contribution < -0.4 is 5.73 Å². The fourth-order valence-electron chi connectivity index (χ4n) is 3.17. The lowest BCUT2D eigenvalue weighted by atomic mass is 10.1. The molecule has 0 aromatic carbocycles. The highest BCUT2D eigenvalue weighted by molar-refractivity contribution is 5.78. The van der Waals surface area contributed by atoms with Gasteiger partial charge in [0.1, 0.15) is 0 Å². The van der Waals surface area contributed by atoms with Crippen LogP contribution >= 0.6 is 0 Å². The number of hydrogen-bond acceptors (Lipinski definition) is 4. The minimum Gasteiger partial charge on any atom is -0.339 e. The summed E-state index contributed by atoms with van der Waals surface area (Å²) in [6.07, 6.45) is 3.50. The lowest BCUT2D eigenvalue weighted by molar-refractivity contribution is -0.133. The zero-order valence-corrected chi connectivity index (χ0v) is 13.1. The third kappa shape index (κ3) is 3.93. The van der Waals surface area contributed by atoms with E-state index in [0.717, 1.165) is 45.7 Å². The van der Waals surface area contributed by atoms with Crippen LogP contribution in [0.4, 0.5) is 0 Å². The summed E-state index contributed by atoms with van der Waals surface area (Å²) in [5.74, 6) is 0.314. The van der Waals surface area contributed by atoms with Crippen molar-refractivity contribution in [3.63, 3.8) is 0 Å². The summed E-state index contributed by atoms with van der Waals surface area (Å²) >= 11 is 0. The van der Waals surface area contributed by atoms with Crippen molar-refractivity contribution in [2.45, 2.75) is 45.2 Å². The Morgan fingerprint density at radius 3 is 2.35 bits per heavy atom. The van der Waals surface area contributed by atoms with Gasteiger partial charge < -0.3 is 10.6 Å². The van der Waals surface area contributed by atoms with E-state index in [9.17, 15) is 4.79 Å². The molecule has 5 nitrogen and oxygen atoms in total. The van der Waals surface area contributed by atoms with Crippen LogP contribution in [0.5, 0.6) is 0 Å². The first-order chi connectivity index (χ1) is 9.69. The zero-order chi connectivity index (χ0) is 14.5. The van der Waals surface area contributed by atoms with Gasteiger partial charge in [-0.25, -0.2) is 0 Å². The van der Waals surface area contributed by atoms with Crippen molar-refractivity contribution in [3.05, 3.63) is 0 Å². The van der Waals surface area contributed by atoms with Crippen molar-refractivity contribution in [3.8, 4) is 0 Å². The summed E-state index contributed by atoms with van der Waals surface area (Å²) in [6, 6.07) is 1.04. The number of piperazine rings is 1. The molecule has 2 fully saturated rings. The lowest BCUT2D eigenvalue weighted by Gasteiger charge is -2.39. The van der Waals surface area contributed by atoms with Crippen molar-refractivity contribution in [2.75, 3.05) is 45.8 Å². The Kier molecular flexibility index (Phi) is 5.81. The maximum Gasteiger partial charge on any atom is 0.236 e. The average Bonchev–Trinajstić information content (AvgIpc) is 3.27. The molecular formula is C15H30N4O. The number of carbonyl (C=O) groups is 1.